The summed E-state index contributed by atoms with van der Waals surface area (Å²) in [6, 6.07) is 0.915. The van der Waals surface area contributed by atoms with E-state index < -0.39 is 24.0 Å². The zero-order valence-corrected chi connectivity index (χ0v) is 16.2. The van der Waals surface area contributed by atoms with Crippen LogP contribution in [0, 0.1) is 11.7 Å². The fourth-order valence-electron chi connectivity index (χ4n) is 3.76. The minimum absolute atomic E-state index is 0.0427. The van der Waals surface area contributed by atoms with E-state index in [-0.39, 0.29) is 55.9 Å². The smallest absolute Gasteiger partial charge is 0.391 e. The Hall–Kier alpha value is -2.10. The predicted molar refractivity (Wildman–Crippen MR) is 96.0 cm³/mol. The Bertz CT molecular complexity index is 715. The molecule has 1 amide bonds. The van der Waals surface area contributed by atoms with Gasteiger partial charge in [0.1, 0.15) is 6.10 Å². The molecule has 1 atom stereocenters. The fourth-order valence-corrected chi connectivity index (χ4v) is 3.76. The van der Waals surface area contributed by atoms with E-state index in [0.717, 1.165) is 19.4 Å². The van der Waals surface area contributed by atoms with Crippen molar-refractivity contribution in [2.45, 2.75) is 63.4 Å². The standard InChI is InChI=1S/C19H25F4N3O3/c1-28-17-11(10-25-16(27)15-3-2-8-24-15)9-14(20)18(26-17)29-13-6-4-12(5-7-13)19(21,22)23/h9,12-13,15,24H,2-8,10H2,1H3,(H,25,27)/t12-,13-,15-/m0/s1. The summed E-state index contributed by atoms with van der Waals surface area (Å²) in [7, 11) is 1.36. The second kappa shape index (κ2) is 9.15. The molecule has 2 heterocycles. The summed E-state index contributed by atoms with van der Waals surface area (Å²) in [5.74, 6) is -2.45. The summed E-state index contributed by atoms with van der Waals surface area (Å²) in [6.45, 7) is 0.829. The summed E-state index contributed by atoms with van der Waals surface area (Å²) >= 11 is 0. The first kappa shape index (κ1) is 21.6. The highest BCUT2D eigenvalue weighted by Crippen LogP contribution is 2.38. The average molecular weight is 419 g/mol. The van der Waals surface area contributed by atoms with E-state index in [9.17, 15) is 22.4 Å². The number of halogens is 4. The largest absolute Gasteiger partial charge is 0.481 e. The zero-order chi connectivity index (χ0) is 21.0. The summed E-state index contributed by atoms with van der Waals surface area (Å²) in [4.78, 5) is 16.1. The predicted octanol–water partition coefficient (Wildman–Crippen LogP) is 3.10. The molecule has 1 aliphatic carbocycles. The minimum atomic E-state index is -4.21. The van der Waals surface area contributed by atoms with Crippen LogP contribution in [0.5, 0.6) is 11.8 Å². The first-order valence-electron chi connectivity index (χ1n) is 9.75. The molecule has 3 rings (SSSR count). The van der Waals surface area contributed by atoms with E-state index in [0.29, 0.717) is 5.56 Å². The third kappa shape index (κ3) is 5.49. The fraction of sp³-hybridized carbons (Fsp3) is 0.684. The molecule has 1 aromatic heterocycles. The first-order valence-corrected chi connectivity index (χ1v) is 9.75. The van der Waals surface area contributed by atoms with Gasteiger partial charge in [-0.3, -0.25) is 4.79 Å². The molecule has 2 fully saturated rings. The zero-order valence-electron chi connectivity index (χ0n) is 16.2. The third-order valence-corrected chi connectivity index (χ3v) is 5.42. The van der Waals surface area contributed by atoms with E-state index in [1.807, 2.05) is 0 Å². The molecule has 6 nitrogen and oxygen atoms in total. The van der Waals surface area contributed by atoms with Crippen LogP contribution in [0.15, 0.2) is 6.07 Å². The van der Waals surface area contributed by atoms with E-state index in [1.54, 1.807) is 0 Å². The van der Waals surface area contributed by atoms with Crippen LogP contribution in [0.1, 0.15) is 44.1 Å². The number of aromatic nitrogens is 1. The van der Waals surface area contributed by atoms with Gasteiger partial charge in [0.2, 0.25) is 11.8 Å². The molecule has 1 saturated carbocycles. The maximum Gasteiger partial charge on any atom is 0.391 e. The Morgan fingerprint density at radius 2 is 1.97 bits per heavy atom. The molecule has 29 heavy (non-hydrogen) atoms. The molecule has 1 aliphatic heterocycles. The number of hydrogen-bond acceptors (Lipinski definition) is 5. The highest BCUT2D eigenvalue weighted by atomic mass is 19.4. The molecule has 2 aliphatic rings. The number of nitrogens with zero attached hydrogens (tertiary/aromatic N) is 1. The molecular formula is C19H25F4N3O3. The summed E-state index contributed by atoms with van der Waals surface area (Å²) in [5, 5.41) is 5.80. The van der Waals surface area contributed by atoms with Gasteiger partial charge >= 0.3 is 6.18 Å². The van der Waals surface area contributed by atoms with Crippen LogP contribution in [0.3, 0.4) is 0 Å². The number of nitrogens with one attached hydrogen (secondary N) is 2. The Morgan fingerprint density at radius 3 is 2.55 bits per heavy atom. The molecule has 1 aromatic rings. The van der Waals surface area contributed by atoms with Crippen LogP contribution in [0.4, 0.5) is 17.6 Å². The van der Waals surface area contributed by atoms with Gasteiger partial charge in [-0.05, 0) is 51.1 Å². The van der Waals surface area contributed by atoms with E-state index in [1.165, 1.54) is 13.2 Å². The van der Waals surface area contributed by atoms with Crippen molar-refractivity contribution in [3.05, 3.63) is 17.4 Å². The van der Waals surface area contributed by atoms with Gasteiger partial charge in [-0.1, -0.05) is 0 Å². The van der Waals surface area contributed by atoms with Gasteiger partial charge in [0.25, 0.3) is 5.88 Å². The lowest BCUT2D eigenvalue weighted by Gasteiger charge is -2.30. The van der Waals surface area contributed by atoms with Crippen molar-refractivity contribution in [2.75, 3.05) is 13.7 Å². The van der Waals surface area contributed by atoms with Crippen molar-refractivity contribution in [3.8, 4) is 11.8 Å². The lowest BCUT2D eigenvalue weighted by molar-refractivity contribution is -0.185. The van der Waals surface area contributed by atoms with E-state index in [2.05, 4.69) is 15.6 Å². The lowest BCUT2D eigenvalue weighted by Crippen LogP contribution is -2.40. The molecule has 10 heteroatoms. The van der Waals surface area contributed by atoms with Gasteiger partial charge in [0, 0.05) is 12.1 Å². The van der Waals surface area contributed by atoms with Crippen molar-refractivity contribution in [2.24, 2.45) is 5.92 Å². The van der Waals surface area contributed by atoms with Gasteiger partial charge < -0.3 is 20.1 Å². The van der Waals surface area contributed by atoms with Crippen molar-refractivity contribution in [3.63, 3.8) is 0 Å². The van der Waals surface area contributed by atoms with Crippen molar-refractivity contribution in [1.82, 2.24) is 15.6 Å². The highest BCUT2D eigenvalue weighted by Gasteiger charge is 2.42. The van der Waals surface area contributed by atoms with Crippen LogP contribution in [-0.2, 0) is 11.3 Å². The third-order valence-electron chi connectivity index (χ3n) is 5.42. The number of pyridine rings is 1. The SMILES string of the molecule is COc1nc(O[C@H]2CC[C@H](C(F)(F)F)CC2)c(F)cc1CNC(=O)[C@@H]1CCCN1. The average Bonchev–Trinajstić information content (AvgIpc) is 3.22. The number of methoxy groups -OCH3 is 1. The Kier molecular flexibility index (Phi) is 6.81. The number of carbonyl (C=O) groups is 1. The number of amides is 1. The number of alkyl halides is 3. The Balaban J connectivity index is 1.60. The van der Waals surface area contributed by atoms with E-state index >= 15 is 0 Å². The topological polar surface area (TPSA) is 72.5 Å². The van der Waals surface area contributed by atoms with E-state index in [4.69, 9.17) is 9.47 Å². The van der Waals surface area contributed by atoms with Crippen molar-refractivity contribution < 1.29 is 31.8 Å². The number of hydrogen-bond donors (Lipinski definition) is 2. The molecule has 0 spiro atoms. The monoisotopic (exact) mass is 419 g/mol. The van der Waals surface area contributed by atoms with Crippen LogP contribution in [0.25, 0.3) is 0 Å². The van der Waals surface area contributed by atoms with Crippen molar-refractivity contribution in [1.29, 1.82) is 0 Å². The number of ether oxygens (including phenoxy) is 2. The second-order valence-corrected chi connectivity index (χ2v) is 7.44. The van der Waals surface area contributed by atoms with Crippen molar-refractivity contribution >= 4 is 5.91 Å². The molecule has 162 valence electrons. The number of carbonyl (C=O) groups excluding carboxylic acids is 1. The Morgan fingerprint density at radius 1 is 1.24 bits per heavy atom. The molecule has 1 saturated heterocycles. The number of rotatable bonds is 6. The minimum Gasteiger partial charge on any atom is -0.481 e. The molecule has 0 bridgehead atoms. The summed E-state index contributed by atoms with van der Waals surface area (Å²) in [6.07, 6.45) is -2.80. The lowest BCUT2D eigenvalue weighted by atomic mass is 9.87. The highest BCUT2D eigenvalue weighted by molar-refractivity contribution is 5.82. The molecule has 0 unspecified atom stereocenters. The van der Waals surface area contributed by atoms with Crippen LogP contribution in [-0.4, -0.2) is 42.9 Å². The normalized spacial score (nSPS) is 24.9. The molecular weight excluding hydrogens is 394 g/mol. The summed E-state index contributed by atoms with van der Waals surface area (Å²) in [5.41, 5.74) is 0.351. The second-order valence-electron chi connectivity index (χ2n) is 7.44. The quantitative estimate of drug-likeness (QED) is 0.694. The molecule has 2 N–H and O–H groups in total. The van der Waals surface area contributed by atoms with Crippen LogP contribution in [0.2, 0.25) is 0 Å². The van der Waals surface area contributed by atoms with Gasteiger partial charge in [-0.25, -0.2) is 4.39 Å². The molecule has 0 aromatic carbocycles. The van der Waals surface area contributed by atoms with Crippen LogP contribution >= 0.6 is 0 Å². The Labute approximate surface area is 166 Å². The van der Waals surface area contributed by atoms with Gasteiger partial charge in [-0.2, -0.15) is 18.2 Å². The molecule has 0 radical (unpaired) electrons. The van der Waals surface area contributed by atoms with Gasteiger partial charge in [-0.15, -0.1) is 0 Å². The maximum absolute atomic E-state index is 14.5. The first-order chi connectivity index (χ1) is 13.8. The maximum atomic E-state index is 14.5. The van der Waals surface area contributed by atoms with Gasteiger partial charge in [0.15, 0.2) is 5.82 Å². The van der Waals surface area contributed by atoms with Crippen LogP contribution < -0.4 is 20.1 Å². The van der Waals surface area contributed by atoms with Gasteiger partial charge in [0.05, 0.1) is 19.1 Å². The summed E-state index contributed by atoms with van der Waals surface area (Å²) < 4.78 is 63.5.